The highest BCUT2D eigenvalue weighted by Crippen LogP contribution is 2.31. The van der Waals surface area contributed by atoms with Crippen LogP contribution in [0.3, 0.4) is 0 Å². The largest absolute Gasteiger partial charge is 0.294 e. The summed E-state index contributed by atoms with van der Waals surface area (Å²) in [5.41, 5.74) is -0.0146. The fraction of sp³-hybridized carbons (Fsp3) is 0.125. The number of hydrogen-bond acceptors (Lipinski definition) is 3. The fourth-order valence-electron chi connectivity index (χ4n) is 0.936. The molecule has 1 rings (SSSR count). The summed E-state index contributed by atoms with van der Waals surface area (Å²) in [6.45, 7) is 1.30. The van der Waals surface area contributed by atoms with Crippen molar-refractivity contribution in [2.24, 2.45) is 0 Å². The van der Waals surface area contributed by atoms with Gasteiger partial charge in [0.1, 0.15) is 0 Å². The van der Waals surface area contributed by atoms with E-state index >= 15 is 0 Å². The average Bonchev–Trinajstić information content (AvgIpc) is 2.08. The molecule has 74 valence electrons. The molecule has 0 amide bonds. The van der Waals surface area contributed by atoms with Crippen molar-refractivity contribution in [1.82, 2.24) is 0 Å². The van der Waals surface area contributed by atoms with Gasteiger partial charge in [-0.1, -0.05) is 11.6 Å². The SMILES string of the molecule is CC(=O)c1cc([N+](=O)[O-])cc(Br)c1Cl. The zero-order valence-corrected chi connectivity index (χ0v) is 9.42. The number of hydrogen-bond donors (Lipinski definition) is 0. The van der Waals surface area contributed by atoms with E-state index in [1.165, 1.54) is 13.0 Å². The molecule has 1 aromatic carbocycles. The molecule has 0 unspecified atom stereocenters. The molecular formula is C8H5BrClNO3. The van der Waals surface area contributed by atoms with Crippen molar-refractivity contribution in [3.63, 3.8) is 0 Å². The topological polar surface area (TPSA) is 60.2 Å². The lowest BCUT2D eigenvalue weighted by Gasteiger charge is -2.01. The first kappa shape index (κ1) is 11.1. The van der Waals surface area contributed by atoms with Gasteiger partial charge in [0, 0.05) is 22.2 Å². The molecule has 14 heavy (non-hydrogen) atoms. The molecule has 0 N–H and O–H groups in total. The van der Waals surface area contributed by atoms with Crippen molar-refractivity contribution < 1.29 is 9.72 Å². The number of carbonyl (C=O) groups is 1. The predicted octanol–water partition coefficient (Wildman–Crippen LogP) is 3.21. The second-order valence-corrected chi connectivity index (χ2v) is 3.83. The van der Waals surface area contributed by atoms with Gasteiger partial charge in [0.15, 0.2) is 5.78 Å². The van der Waals surface area contributed by atoms with E-state index in [2.05, 4.69) is 15.9 Å². The molecule has 0 aliphatic rings. The number of nitro groups is 1. The Morgan fingerprint density at radius 3 is 2.57 bits per heavy atom. The first-order valence-electron chi connectivity index (χ1n) is 3.58. The highest BCUT2D eigenvalue weighted by molar-refractivity contribution is 9.10. The van der Waals surface area contributed by atoms with Crippen molar-refractivity contribution in [3.8, 4) is 0 Å². The van der Waals surface area contributed by atoms with Crippen LogP contribution in [0.25, 0.3) is 0 Å². The third kappa shape index (κ3) is 2.10. The summed E-state index contributed by atoms with van der Waals surface area (Å²) in [6, 6.07) is 2.42. The highest BCUT2D eigenvalue weighted by atomic mass is 79.9. The monoisotopic (exact) mass is 277 g/mol. The van der Waals surface area contributed by atoms with Crippen molar-refractivity contribution >= 4 is 39.0 Å². The molecule has 0 spiro atoms. The van der Waals surface area contributed by atoms with Crippen molar-refractivity contribution in [3.05, 3.63) is 37.3 Å². The van der Waals surface area contributed by atoms with Gasteiger partial charge in [-0.2, -0.15) is 0 Å². The van der Waals surface area contributed by atoms with Gasteiger partial charge in [0.05, 0.1) is 9.95 Å². The van der Waals surface area contributed by atoms with Crippen LogP contribution >= 0.6 is 27.5 Å². The van der Waals surface area contributed by atoms with E-state index in [1.807, 2.05) is 0 Å². The van der Waals surface area contributed by atoms with Gasteiger partial charge in [-0.05, 0) is 22.9 Å². The van der Waals surface area contributed by atoms with E-state index < -0.39 is 4.92 Å². The number of non-ortho nitro benzene ring substituents is 1. The molecule has 1 aromatic rings. The minimum atomic E-state index is -0.576. The van der Waals surface area contributed by atoms with E-state index in [1.54, 1.807) is 0 Å². The van der Waals surface area contributed by atoms with Gasteiger partial charge < -0.3 is 0 Å². The van der Waals surface area contributed by atoms with Gasteiger partial charge in [-0.25, -0.2) is 0 Å². The van der Waals surface area contributed by atoms with Crippen LogP contribution in [0, 0.1) is 10.1 Å². The van der Waals surface area contributed by atoms with E-state index in [0.29, 0.717) is 4.47 Å². The van der Waals surface area contributed by atoms with Crippen LogP contribution < -0.4 is 0 Å². The maximum absolute atomic E-state index is 11.1. The van der Waals surface area contributed by atoms with E-state index in [4.69, 9.17) is 11.6 Å². The molecule has 6 heteroatoms. The van der Waals surface area contributed by atoms with Crippen molar-refractivity contribution in [1.29, 1.82) is 0 Å². The predicted molar refractivity (Wildman–Crippen MR) is 55.8 cm³/mol. The van der Waals surface area contributed by atoms with E-state index in [9.17, 15) is 14.9 Å². The summed E-state index contributed by atoms with van der Waals surface area (Å²) in [4.78, 5) is 21.0. The third-order valence-electron chi connectivity index (χ3n) is 1.60. The first-order chi connectivity index (χ1) is 6.43. The molecule has 0 radical (unpaired) electrons. The Bertz CT molecular complexity index is 419. The van der Waals surface area contributed by atoms with Crippen LogP contribution in [0.15, 0.2) is 16.6 Å². The Labute approximate surface area is 93.1 Å². The molecule has 0 bridgehead atoms. The minimum Gasteiger partial charge on any atom is -0.294 e. The number of Topliss-reactive ketones (excluding diaryl/α,β-unsaturated/α-hetero) is 1. The summed E-state index contributed by atoms with van der Waals surface area (Å²) in [5.74, 6) is -0.306. The number of rotatable bonds is 2. The fourth-order valence-corrected chi connectivity index (χ4v) is 1.63. The second-order valence-electron chi connectivity index (χ2n) is 2.60. The molecule has 0 aliphatic heterocycles. The Balaban J connectivity index is 3.43. The lowest BCUT2D eigenvalue weighted by Crippen LogP contribution is -1.97. The molecular weight excluding hydrogens is 273 g/mol. The van der Waals surface area contributed by atoms with Gasteiger partial charge in [-0.15, -0.1) is 0 Å². The number of nitro benzene ring substituents is 1. The quantitative estimate of drug-likeness (QED) is 0.474. The van der Waals surface area contributed by atoms with Crippen molar-refractivity contribution in [2.45, 2.75) is 6.92 Å². The Hall–Kier alpha value is -0.940. The Morgan fingerprint density at radius 1 is 1.57 bits per heavy atom. The van der Waals surface area contributed by atoms with Crippen LogP contribution in [-0.4, -0.2) is 10.7 Å². The summed E-state index contributed by atoms with van der Waals surface area (Å²) in [6.07, 6.45) is 0. The number of nitrogens with zero attached hydrogens (tertiary/aromatic N) is 1. The van der Waals surface area contributed by atoms with E-state index in [0.717, 1.165) is 6.07 Å². The molecule has 4 nitrogen and oxygen atoms in total. The smallest absolute Gasteiger partial charge is 0.271 e. The highest BCUT2D eigenvalue weighted by Gasteiger charge is 2.16. The normalized spacial score (nSPS) is 9.93. The molecule has 0 saturated carbocycles. The van der Waals surface area contributed by atoms with Gasteiger partial charge in [0.25, 0.3) is 5.69 Å². The first-order valence-corrected chi connectivity index (χ1v) is 4.75. The zero-order chi connectivity index (χ0) is 10.9. The van der Waals surface area contributed by atoms with Crippen LogP contribution in [0.2, 0.25) is 5.02 Å². The van der Waals surface area contributed by atoms with Crippen LogP contribution in [0.1, 0.15) is 17.3 Å². The van der Waals surface area contributed by atoms with Gasteiger partial charge in [0.2, 0.25) is 0 Å². The third-order valence-corrected chi connectivity index (χ3v) is 2.86. The molecule has 0 aromatic heterocycles. The zero-order valence-electron chi connectivity index (χ0n) is 7.08. The maximum atomic E-state index is 11.1. The Morgan fingerprint density at radius 2 is 2.14 bits per heavy atom. The van der Waals surface area contributed by atoms with Crippen LogP contribution in [0.5, 0.6) is 0 Å². The molecule has 0 fully saturated rings. The molecule has 0 aliphatic carbocycles. The second kappa shape index (κ2) is 4.06. The maximum Gasteiger partial charge on any atom is 0.271 e. The minimum absolute atomic E-state index is 0.146. The van der Waals surface area contributed by atoms with Crippen LogP contribution in [0.4, 0.5) is 5.69 Å². The molecule has 0 saturated heterocycles. The van der Waals surface area contributed by atoms with Crippen molar-refractivity contribution in [2.75, 3.05) is 0 Å². The van der Waals surface area contributed by atoms with E-state index in [-0.39, 0.29) is 22.1 Å². The number of carbonyl (C=O) groups excluding carboxylic acids is 1. The lowest BCUT2D eigenvalue weighted by molar-refractivity contribution is -0.384. The molecule has 0 atom stereocenters. The Kier molecular flexibility index (Phi) is 3.23. The standard InChI is InChI=1S/C8H5BrClNO3/c1-4(12)6-2-5(11(13)14)3-7(9)8(6)10/h2-3H,1H3. The van der Waals surface area contributed by atoms with Gasteiger partial charge >= 0.3 is 0 Å². The summed E-state index contributed by atoms with van der Waals surface area (Å²) < 4.78 is 0.346. The summed E-state index contributed by atoms with van der Waals surface area (Å²) in [7, 11) is 0. The lowest BCUT2D eigenvalue weighted by atomic mass is 10.1. The number of halogens is 2. The average molecular weight is 278 g/mol. The summed E-state index contributed by atoms with van der Waals surface area (Å²) >= 11 is 8.82. The summed E-state index contributed by atoms with van der Waals surface area (Å²) in [5, 5.41) is 10.7. The number of ketones is 1. The number of benzene rings is 1. The van der Waals surface area contributed by atoms with Gasteiger partial charge in [-0.3, -0.25) is 14.9 Å². The van der Waals surface area contributed by atoms with Crippen LogP contribution in [-0.2, 0) is 0 Å². The molecule has 0 heterocycles.